The van der Waals surface area contributed by atoms with Gasteiger partial charge in [0.15, 0.2) is 0 Å². The molecule has 1 amide bonds. The van der Waals surface area contributed by atoms with E-state index < -0.39 is 0 Å². The van der Waals surface area contributed by atoms with Gasteiger partial charge in [-0.05, 0) is 64.7 Å². The molecule has 0 aliphatic heterocycles. The standard InChI is InChI=1S/C24H25F2N3O.2ClH/c25-21-7-3-16(4-8-21)18-12-19(17-5-9-22(26)10-6-17)14-20(13-18)24(30)29-15-23(28)2-1-11-27;;/h3-10,12-14,23H,1-2,11,15,27-28H2,(H,29,30);2*1H/t23-;;/m0../s1. The predicted octanol–water partition coefficient (Wildman–Crippen LogP) is -3.33. The first-order chi connectivity index (χ1) is 14.5. The maximum Gasteiger partial charge on any atom is 0.251 e. The molecule has 32 heavy (non-hydrogen) atoms. The number of hydrogen-bond acceptors (Lipinski definition) is 1. The van der Waals surface area contributed by atoms with Crippen LogP contribution in [0.2, 0.25) is 0 Å². The third-order valence-corrected chi connectivity index (χ3v) is 4.96. The van der Waals surface area contributed by atoms with Crippen molar-refractivity contribution >= 4 is 5.91 Å². The van der Waals surface area contributed by atoms with Gasteiger partial charge in [0.1, 0.15) is 17.7 Å². The molecular formula is C24H27Cl2F2N3O. The summed E-state index contributed by atoms with van der Waals surface area (Å²) < 4.78 is 26.7. The molecule has 172 valence electrons. The highest BCUT2D eigenvalue weighted by molar-refractivity contribution is 5.97. The van der Waals surface area contributed by atoms with E-state index in [2.05, 4.69) is 16.8 Å². The van der Waals surface area contributed by atoms with Crippen LogP contribution < -0.4 is 41.6 Å². The maximum atomic E-state index is 13.3. The fourth-order valence-electron chi connectivity index (χ4n) is 3.25. The molecule has 3 rings (SSSR count). The molecule has 0 aromatic heterocycles. The molecule has 0 fully saturated rings. The maximum absolute atomic E-state index is 13.3. The van der Waals surface area contributed by atoms with Crippen LogP contribution in [0.25, 0.3) is 22.3 Å². The molecule has 4 nitrogen and oxygen atoms in total. The van der Waals surface area contributed by atoms with Crippen molar-refractivity contribution in [3.05, 3.63) is 83.9 Å². The van der Waals surface area contributed by atoms with E-state index in [0.29, 0.717) is 12.1 Å². The summed E-state index contributed by atoms with van der Waals surface area (Å²) in [6.45, 7) is 1.33. The minimum Gasteiger partial charge on any atom is -1.00 e. The lowest BCUT2D eigenvalue weighted by Crippen LogP contribution is -3.00. The lowest BCUT2D eigenvalue weighted by atomic mass is 9.95. The van der Waals surface area contributed by atoms with E-state index in [1.807, 2.05) is 6.07 Å². The molecule has 1 atom stereocenters. The Bertz CT molecular complexity index is 935. The number of nitrogens with one attached hydrogen (secondary N) is 1. The van der Waals surface area contributed by atoms with Crippen LogP contribution in [-0.2, 0) is 0 Å². The van der Waals surface area contributed by atoms with Crippen molar-refractivity contribution in [1.29, 1.82) is 0 Å². The van der Waals surface area contributed by atoms with Gasteiger partial charge >= 0.3 is 0 Å². The number of amides is 1. The zero-order valence-electron chi connectivity index (χ0n) is 17.6. The van der Waals surface area contributed by atoms with Gasteiger partial charge < -0.3 is 41.6 Å². The number of halogens is 4. The third-order valence-electron chi connectivity index (χ3n) is 4.96. The Morgan fingerprint density at radius 2 is 1.28 bits per heavy atom. The van der Waals surface area contributed by atoms with Gasteiger partial charge in [0, 0.05) is 18.4 Å². The van der Waals surface area contributed by atoms with Crippen molar-refractivity contribution in [1.82, 2.24) is 5.32 Å². The van der Waals surface area contributed by atoms with E-state index in [4.69, 9.17) is 0 Å². The lowest BCUT2D eigenvalue weighted by molar-refractivity contribution is -0.423. The van der Waals surface area contributed by atoms with Crippen molar-refractivity contribution in [2.24, 2.45) is 0 Å². The zero-order valence-corrected chi connectivity index (χ0v) is 19.1. The molecule has 0 saturated heterocycles. The molecule has 0 saturated carbocycles. The van der Waals surface area contributed by atoms with Crippen LogP contribution in [0.5, 0.6) is 0 Å². The van der Waals surface area contributed by atoms with Gasteiger partial charge in [-0.3, -0.25) is 4.79 Å². The summed E-state index contributed by atoms with van der Waals surface area (Å²) in [5.74, 6) is -0.851. The Morgan fingerprint density at radius 1 is 0.812 bits per heavy atom. The first-order valence-electron chi connectivity index (χ1n) is 10.0. The minimum absolute atomic E-state index is 0. The summed E-state index contributed by atoms with van der Waals surface area (Å²) in [6, 6.07) is 17.8. The summed E-state index contributed by atoms with van der Waals surface area (Å²) in [5.41, 5.74) is 11.5. The Labute approximate surface area is 199 Å². The van der Waals surface area contributed by atoms with Crippen LogP contribution in [0.15, 0.2) is 66.7 Å². The largest absolute Gasteiger partial charge is 1.00 e. The van der Waals surface area contributed by atoms with E-state index in [9.17, 15) is 13.6 Å². The van der Waals surface area contributed by atoms with Gasteiger partial charge in [-0.15, -0.1) is 0 Å². The Morgan fingerprint density at radius 3 is 1.72 bits per heavy atom. The molecule has 3 aromatic carbocycles. The highest BCUT2D eigenvalue weighted by Gasteiger charge is 2.14. The van der Waals surface area contributed by atoms with E-state index in [1.165, 1.54) is 24.3 Å². The van der Waals surface area contributed by atoms with E-state index in [0.717, 1.165) is 41.6 Å². The SMILES string of the molecule is [Cl-].[Cl-].[NH3+]CCC[C@H]([NH3+])CNC(=O)c1cc(-c2ccc(F)cc2)cc(-c2ccc(F)cc2)c1. The van der Waals surface area contributed by atoms with Crippen molar-refractivity contribution in [2.45, 2.75) is 18.9 Å². The molecule has 0 unspecified atom stereocenters. The Balaban J connectivity index is 0.00000256. The second-order valence-corrected chi connectivity index (χ2v) is 7.38. The van der Waals surface area contributed by atoms with Crippen LogP contribution in [-0.4, -0.2) is 25.0 Å². The van der Waals surface area contributed by atoms with Crippen molar-refractivity contribution < 1.29 is 49.9 Å². The van der Waals surface area contributed by atoms with Gasteiger partial charge in [-0.25, -0.2) is 8.78 Å². The second kappa shape index (κ2) is 13.1. The second-order valence-electron chi connectivity index (χ2n) is 7.38. The lowest BCUT2D eigenvalue weighted by Gasteiger charge is -2.13. The molecule has 0 heterocycles. The molecule has 3 aromatic rings. The number of rotatable bonds is 8. The molecule has 7 N–H and O–H groups in total. The quantitative estimate of drug-likeness (QED) is 0.309. The van der Waals surface area contributed by atoms with Gasteiger partial charge in [-0.1, -0.05) is 24.3 Å². The Hall–Kier alpha value is -2.51. The fraction of sp³-hybridized carbons (Fsp3) is 0.208. The highest BCUT2D eigenvalue weighted by atomic mass is 35.5. The number of benzene rings is 3. The topological polar surface area (TPSA) is 84.4 Å². The summed E-state index contributed by atoms with van der Waals surface area (Å²) >= 11 is 0. The van der Waals surface area contributed by atoms with Crippen LogP contribution >= 0.6 is 0 Å². The zero-order chi connectivity index (χ0) is 21.5. The fourth-order valence-corrected chi connectivity index (χ4v) is 3.25. The number of carbonyl (C=O) groups is 1. The molecule has 0 spiro atoms. The summed E-state index contributed by atoms with van der Waals surface area (Å²) in [5, 5.41) is 2.94. The van der Waals surface area contributed by atoms with Crippen LogP contribution in [0, 0.1) is 11.6 Å². The van der Waals surface area contributed by atoms with Crippen LogP contribution in [0.1, 0.15) is 23.2 Å². The molecule has 0 radical (unpaired) electrons. The van der Waals surface area contributed by atoms with Crippen LogP contribution in [0.4, 0.5) is 8.78 Å². The number of carbonyl (C=O) groups excluding carboxylic acids is 1. The normalized spacial score (nSPS) is 11.1. The van der Waals surface area contributed by atoms with E-state index in [-0.39, 0.29) is 48.4 Å². The van der Waals surface area contributed by atoms with Gasteiger partial charge in [0.25, 0.3) is 5.91 Å². The molecular weight excluding hydrogens is 455 g/mol. The minimum atomic E-state index is -0.324. The molecule has 8 heteroatoms. The van der Waals surface area contributed by atoms with E-state index in [1.54, 1.807) is 36.4 Å². The first-order valence-corrected chi connectivity index (χ1v) is 10.0. The summed E-state index contributed by atoms with van der Waals surface area (Å²) in [4.78, 5) is 12.8. The monoisotopic (exact) mass is 481 g/mol. The van der Waals surface area contributed by atoms with Crippen molar-refractivity contribution in [3.8, 4) is 22.3 Å². The van der Waals surface area contributed by atoms with Gasteiger partial charge in [0.2, 0.25) is 0 Å². The van der Waals surface area contributed by atoms with Crippen molar-refractivity contribution in [3.63, 3.8) is 0 Å². The smallest absolute Gasteiger partial charge is 0.251 e. The Kier molecular flexibility index (Phi) is 11.3. The van der Waals surface area contributed by atoms with Crippen LogP contribution in [0.3, 0.4) is 0 Å². The third kappa shape index (κ3) is 7.57. The first kappa shape index (κ1) is 27.5. The number of hydrogen-bond donors (Lipinski definition) is 3. The average Bonchev–Trinajstić information content (AvgIpc) is 2.76. The molecule has 0 aliphatic carbocycles. The summed E-state index contributed by atoms with van der Waals surface area (Å²) in [7, 11) is 0. The predicted molar refractivity (Wildman–Crippen MR) is 113 cm³/mol. The summed E-state index contributed by atoms with van der Waals surface area (Å²) in [6.07, 6.45) is 1.87. The molecule has 0 bridgehead atoms. The van der Waals surface area contributed by atoms with Gasteiger partial charge in [0.05, 0.1) is 13.1 Å². The molecule has 0 aliphatic rings. The van der Waals surface area contributed by atoms with E-state index >= 15 is 0 Å². The highest BCUT2D eigenvalue weighted by Crippen LogP contribution is 2.29. The average molecular weight is 482 g/mol. The number of quaternary nitrogens is 2. The van der Waals surface area contributed by atoms with Crippen molar-refractivity contribution in [2.75, 3.05) is 13.1 Å². The van der Waals surface area contributed by atoms with Gasteiger partial charge in [-0.2, -0.15) is 0 Å².